The van der Waals surface area contributed by atoms with Gasteiger partial charge in [-0.3, -0.25) is 4.79 Å². The molecule has 0 aromatic heterocycles. The molecule has 0 saturated carbocycles. The molecule has 1 N–H and O–H groups in total. The fourth-order valence-corrected chi connectivity index (χ4v) is 4.66. The van der Waals surface area contributed by atoms with Crippen molar-refractivity contribution in [2.45, 2.75) is 32.6 Å². The summed E-state index contributed by atoms with van der Waals surface area (Å²) in [6.07, 6.45) is 3.51. The molecule has 32 heavy (non-hydrogen) atoms. The zero-order valence-electron chi connectivity index (χ0n) is 19.0. The number of hydrogen-bond acceptors (Lipinski definition) is 3. The van der Waals surface area contributed by atoms with Crippen molar-refractivity contribution in [1.29, 1.82) is 0 Å². The van der Waals surface area contributed by atoms with Gasteiger partial charge in [-0.1, -0.05) is 35.9 Å². The first kappa shape index (κ1) is 22.2. The summed E-state index contributed by atoms with van der Waals surface area (Å²) in [5, 5.41) is 2.98. The van der Waals surface area contributed by atoms with E-state index in [0.717, 1.165) is 64.2 Å². The lowest BCUT2D eigenvalue weighted by molar-refractivity contribution is -0.131. The third-order valence-corrected chi connectivity index (χ3v) is 6.63. The Balaban J connectivity index is 1.20. The van der Waals surface area contributed by atoms with Crippen LogP contribution in [0.1, 0.15) is 31.2 Å². The second-order valence-corrected chi connectivity index (χ2v) is 8.99. The minimum absolute atomic E-state index is 0.0422. The number of rotatable bonds is 5. The number of nitrogens with zero attached hydrogens (tertiary/aromatic N) is 3. The molecule has 6 nitrogen and oxygen atoms in total. The number of nitrogens with one attached hydrogen (secondary N) is 1. The normalized spacial score (nSPS) is 19.0. The molecule has 2 heterocycles. The highest BCUT2D eigenvalue weighted by atomic mass is 16.2. The highest BCUT2D eigenvalue weighted by Crippen LogP contribution is 2.23. The standard InChI is InChI=1S/C26H34N4O2/c1-21-9-12-24(13-10-21)28-16-18-29(19-17-28)25(31)14-11-22-6-5-15-30(20-22)26(32)27-23-7-3-2-4-8-23/h2-4,7-10,12-13,22H,5-6,11,14-20H2,1H3,(H,27,32)/t22-/m1/s1. The fraction of sp³-hybridized carbons (Fsp3) is 0.462. The summed E-state index contributed by atoms with van der Waals surface area (Å²) < 4.78 is 0. The number of anilines is 2. The molecule has 0 aliphatic carbocycles. The number of carbonyl (C=O) groups is 2. The Morgan fingerprint density at radius 3 is 2.34 bits per heavy atom. The molecule has 0 bridgehead atoms. The molecule has 6 heteroatoms. The number of hydrogen-bond donors (Lipinski definition) is 1. The van der Waals surface area contributed by atoms with E-state index in [9.17, 15) is 9.59 Å². The lowest BCUT2D eigenvalue weighted by Gasteiger charge is -2.37. The number of urea groups is 1. The Hall–Kier alpha value is -3.02. The number of carbonyl (C=O) groups excluding carboxylic acids is 2. The summed E-state index contributed by atoms with van der Waals surface area (Å²) >= 11 is 0. The number of amides is 3. The molecular weight excluding hydrogens is 400 g/mol. The molecule has 4 rings (SSSR count). The Morgan fingerprint density at radius 2 is 1.62 bits per heavy atom. The van der Waals surface area contributed by atoms with Gasteiger partial charge in [-0.15, -0.1) is 0 Å². The van der Waals surface area contributed by atoms with Crippen LogP contribution in [0.2, 0.25) is 0 Å². The second kappa shape index (κ2) is 10.5. The lowest BCUT2D eigenvalue weighted by Crippen LogP contribution is -2.49. The van der Waals surface area contributed by atoms with Gasteiger partial charge in [0.15, 0.2) is 0 Å². The van der Waals surface area contributed by atoms with Crippen LogP contribution in [0.4, 0.5) is 16.2 Å². The van der Waals surface area contributed by atoms with Gasteiger partial charge in [0, 0.05) is 57.1 Å². The maximum Gasteiger partial charge on any atom is 0.321 e. The largest absolute Gasteiger partial charge is 0.368 e. The van der Waals surface area contributed by atoms with Crippen molar-refractivity contribution in [3.05, 3.63) is 60.2 Å². The molecule has 170 valence electrons. The van der Waals surface area contributed by atoms with Crippen LogP contribution in [0, 0.1) is 12.8 Å². The van der Waals surface area contributed by atoms with Crippen molar-refractivity contribution in [3.63, 3.8) is 0 Å². The second-order valence-electron chi connectivity index (χ2n) is 8.99. The fourth-order valence-electron chi connectivity index (χ4n) is 4.66. The summed E-state index contributed by atoms with van der Waals surface area (Å²) in [5.74, 6) is 0.641. The number of piperidine rings is 1. The van der Waals surface area contributed by atoms with Crippen molar-refractivity contribution < 1.29 is 9.59 Å². The van der Waals surface area contributed by atoms with E-state index in [0.29, 0.717) is 12.3 Å². The van der Waals surface area contributed by atoms with E-state index in [1.807, 2.05) is 40.1 Å². The molecule has 2 aliphatic heterocycles. The predicted octanol–water partition coefficient (Wildman–Crippen LogP) is 4.37. The van der Waals surface area contributed by atoms with Gasteiger partial charge in [0.2, 0.25) is 5.91 Å². The van der Waals surface area contributed by atoms with Crippen molar-refractivity contribution in [1.82, 2.24) is 9.80 Å². The lowest BCUT2D eigenvalue weighted by atomic mass is 9.93. The summed E-state index contributed by atoms with van der Waals surface area (Å²) in [4.78, 5) is 31.7. The Kier molecular flexibility index (Phi) is 7.30. The van der Waals surface area contributed by atoms with Gasteiger partial charge in [0.25, 0.3) is 0 Å². The zero-order chi connectivity index (χ0) is 22.3. The highest BCUT2D eigenvalue weighted by Gasteiger charge is 2.26. The summed E-state index contributed by atoms with van der Waals surface area (Å²) in [6.45, 7) is 6.93. The van der Waals surface area contributed by atoms with Crippen LogP contribution in [0.25, 0.3) is 0 Å². The average Bonchev–Trinajstić information content (AvgIpc) is 2.84. The minimum Gasteiger partial charge on any atom is -0.368 e. The van der Waals surface area contributed by atoms with E-state index in [1.54, 1.807) is 0 Å². The molecule has 0 radical (unpaired) electrons. The summed E-state index contributed by atoms with van der Waals surface area (Å²) in [7, 11) is 0. The third kappa shape index (κ3) is 5.81. The van der Waals surface area contributed by atoms with Crippen molar-refractivity contribution >= 4 is 23.3 Å². The molecule has 3 amide bonds. The van der Waals surface area contributed by atoms with Crippen LogP contribution in [-0.4, -0.2) is 61.0 Å². The van der Waals surface area contributed by atoms with Crippen LogP contribution in [0.3, 0.4) is 0 Å². The van der Waals surface area contributed by atoms with Gasteiger partial charge in [-0.2, -0.15) is 0 Å². The molecule has 2 saturated heterocycles. The highest BCUT2D eigenvalue weighted by molar-refractivity contribution is 5.89. The van der Waals surface area contributed by atoms with E-state index < -0.39 is 0 Å². The van der Waals surface area contributed by atoms with E-state index in [-0.39, 0.29) is 11.9 Å². The number of aryl methyl sites for hydroxylation is 1. The van der Waals surface area contributed by atoms with Crippen LogP contribution in [0.15, 0.2) is 54.6 Å². The van der Waals surface area contributed by atoms with Crippen molar-refractivity contribution in [2.24, 2.45) is 5.92 Å². The Labute approximate surface area is 191 Å². The van der Waals surface area contributed by atoms with Crippen LogP contribution < -0.4 is 10.2 Å². The summed E-state index contributed by atoms with van der Waals surface area (Å²) in [5.41, 5.74) is 3.32. The van der Waals surface area contributed by atoms with Crippen LogP contribution >= 0.6 is 0 Å². The van der Waals surface area contributed by atoms with Gasteiger partial charge in [-0.25, -0.2) is 4.79 Å². The smallest absolute Gasteiger partial charge is 0.321 e. The topological polar surface area (TPSA) is 55.9 Å². The molecule has 1 atom stereocenters. The maximum absolute atomic E-state index is 12.8. The number of para-hydroxylation sites is 1. The molecule has 0 unspecified atom stereocenters. The molecule has 2 aliphatic rings. The van der Waals surface area contributed by atoms with Gasteiger partial charge in [0.05, 0.1) is 0 Å². The van der Waals surface area contributed by atoms with E-state index in [1.165, 1.54) is 11.3 Å². The number of piperazine rings is 1. The van der Waals surface area contributed by atoms with E-state index in [2.05, 4.69) is 41.4 Å². The van der Waals surface area contributed by atoms with Gasteiger partial charge < -0.3 is 20.0 Å². The zero-order valence-corrected chi connectivity index (χ0v) is 19.0. The molecule has 0 spiro atoms. The first-order chi connectivity index (χ1) is 15.6. The monoisotopic (exact) mass is 434 g/mol. The van der Waals surface area contributed by atoms with E-state index >= 15 is 0 Å². The quantitative estimate of drug-likeness (QED) is 0.760. The molecule has 2 aromatic carbocycles. The average molecular weight is 435 g/mol. The third-order valence-electron chi connectivity index (χ3n) is 6.63. The van der Waals surface area contributed by atoms with Gasteiger partial charge in [-0.05, 0) is 56.4 Å². The molecule has 2 fully saturated rings. The van der Waals surface area contributed by atoms with Crippen molar-refractivity contribution in [2.75, 3.05) is 49.5 Å². The first-order valence-electron chi connectivity index (χ1n) is 11.8. The van der Waals surface area contributed by atoms with Crippen molar-refractivity contribution in [3.8, 4) is 0 Å². The van der Waals surface area contributed by atoms with Crippen LogP contribution in [-0.2, 0) is 4.79 Å². The summed E-state index contributed by atoms with van der Waals surface area (Å²) in [6, 6.07) is 18.1. The number of likely N-dealkylation sites (tertiary alicyclic amines) is 1. The Morgan fingerprint density at radius 1 is 0.906 bits per heavy atom. The van der Waals surface area contributed by atoms with E-state index in [4.69, 9.17) is 0 Å². The number of benzene rings is 2. The predicted molar refractivity (Wildman–Crippen MR) is 129 cm³/mol. The van der Waals surface area contributed by atoms with Gasteiger partial charge >= 0.3 is 6.03 Å². The maximum atomic E-state index is 12.8. The molecule has 2 aromatic rings. The van der Waals surface area contributed by atoms with Crippen LogP contribution in [0.5, 0.6) is 0 Å². The van der Waals surface area contributed by atoms with Gasteiger partial charge in [0.1, 0.15) is 0 Å². The minimum atomic E-state index is -0.0422. The SMILES string of the molecule is Cc1ccc(N2CCN(C(=O)CC[C@H]3CCCN(C(=O)Nc4ccccc4)C3)CC2)cc1. The molecular formula is C26H34N4O2. The Bertz CT molecular complexity index is 892. The first-order valence-corrected chi connectivity index (χ1v) is 11.8.